The maximum atomic E-state index is 11.7. The zero-order valence-corrected chi connectivity index (χ0v) is 9.65. The molecule has 2 N–H and O–H groups in total. The molecule has 92 valence electrons. The van der Waals surface area contributed by atoms with E-state index in [1.807, 2.05) is 0 Å². The van der Waals surface area contributed by atoms with E-state index in [0.29, 0.717) is 12.5 Å². The van der Waals surface area contributed by atoms with Crippen molar-refractivity contribution in [3.63, 3.8) is 0 Å². The molecule has 4 heteroatoms. The molecule has 0 aromatic rings. The predicted octanol–water partition coefficient (Wildman–Crippen LogP) is 0.833. The molecular formula is C12H21NO3. The van der Waals surface area contributed by atoms with Crippen LogP contribution in [0.3, 0.4) is 0 Å². The minimum absolute atomic E-state index is 0.0450. The fourth-order valence-electron chi connectivity index (χ4n) is 2.49. The third-order valence-corrected chi connectivity index (χ3v) is 3.60. The Hall–Kier alpha value is -0.610. The molecule has 0 unspecified atom stereocenters. The standard InChI is InChI=1S/C12H21NO3/c14-10-5-3-9(4-6-10)8-13-12(15)11-2-1-7-16-11/h9-11,14H,1-8H2,(H,13,15)/t9?,10?,11-/m0/s1. The zero-order chi connectivity index (χ0) is 11.4. The molecule has 4 nitrogen and oxygen atoms in total. The first-order valence-corrected chi connectivity index (χ1v) is 6.33. The number of nitrogens with one attached hydrogen (secondary N) is 1. The van der Waals surface area contributed by atoms with Gasteiger partial charge in [0.2, 0.25) is 5.91 Å². The monoisotopic (exact) mass is 227 g/mol. The van der Waals surface area contributed by atoms with Crippen LogP contribution in [0, 0.1) is 5.92 Å². The molecule has 0 aromatic carbocycles. The molecule has 1 saturated heterocycles. The van der Waals surface area contributed by atoms with E-state index in [1.165, 1.54) is 0 Å². The normalized spacial score (nSPS) is 34.9. The number of rotatable bonds is 3. The Bertz CT molecular complexity index is 230. The quantitative estimate of drug-likeness (QED) is 0.751. The summed E-state index contributed by atoms with van der Waals surface area (Å²) in [5, 5.41) is 12.3. The van der Waals surface area contributed by atoms with Gasteiger partial charge in [0.1, 0.15) is 6.10 Å². The highest BCUT2D eigenvalue weighted by Crippen LogP contribution is 2.23. The molecule has 0 spiro atoms. The van der Waals surface area contributed by atoms with Crippen molar-refractivity contribution in [2.24, 2.45) is 5.92 Å². The SMILES string of the molecule is O=C(NCC1CCC(O)CC1)[C@@H]1CCCO1. The Morgan fingerprint density at radius 3 is 2.62 bits per heavy atom. The summed E-state index contributed by atoms with van der Waals surface area (Å²) < 4.78 is 5.32. The van der Waals surface area contributed by atoms with E-state index in [0.717, 1.165) is 45.1 Å². The fourth-order valence-corrected chi connectivity index (χ4v) is 2.49. The molecule has 0 aromatic heterocycles. The molecule has 0 radical (unpaired) electrons. The maximum absolute atomic E-state index is 11.7. The van der Waals surface area contributed by atoms with Crippen molar-refractivity contribution in [1.29, 1.82) is 0 Å². The third-order valence-electron chi connectivity index (χ3n) is 3.60. The first-order valence-electron chi connectivity index (χ1n) is 6.33. The van der Waals surface area contributed by atoms with Crippen LogP contribution in [0.2, 0.25) is 0 Å². The molecule has 2 rings (SSSR count). The number of ether oxygens (including phenoxy) is 1. The number of aliphatic hydroxyl groups excluding tert-OH is 1. The topological polar surface area (TPSA) is 58.6 Å². The summed E-state index contributed by atoms with van der Waals surface area (Å²) >= 11 is 0. The maximum Gasteiger partial charge on any atom is 0.249 e. The number of carbonyl (C=O) groups excluding carboxylic acids is 1. The average molecular weight is 227 g/mol. The molecule has 1 aliphatic heterocycles. The second-order valence-electron chi connectivity index (χ2n) is 4.92. The van der Waals surface area contributed by atoms with Gasteiger partial charge < -0.3 is 15.2 Å². The van der Waals surface area contributed by atoms with Gasteiger partial charge in [0.25, 0.3) is 0 Å². The van der Waals surface area contributed by atoms with Crippen LogP contribution in [0.1, 0.15) is 38.5 Å². The van der Waals surface area contributed by atoms with Crippen LogP contribution in [0.15, 0.2) is 0 Å². The lowest BCUT2D eigenvalue weighted by atomic mass is 9.87. The lowest BCUT2D eigenvalue weighted by Crippen LogP contribution is -2.38. The summed E-state index contributed by atoms with van der Waals surface area (Å²) in [7, 11) is 0. The molecule has 2 aliphatic rings. The van der Waals surface area contributed by atoms with E-state index in [1.54, 1.807) is 0 Å². The van der Waals surface area contributed by atoms with Crippen molar-refractivity contribution in [2.75, 3.05) is 13.2 Å². The molecular weight excluding hydrogens is 206 g/mol. The lowest BCUT2D eigenvalue weighted by Gasteiger charge is -2.25. The molecule has 2 fully saturated rings. The van der Waals surface area contributed by atoms with Gasteiger partial charge in [-0.05, 0) is 44.4 Å². The number of aliphatic hydroxyl groups is 1. The van der Waals surface area contributed by atoms with Crippen LogP contribution < -0.4 is 5.32 Å². The molecule has 1 aliphatic carbocycles. The van der Waals surface area contributed by atoms with Gasteiger partial charge in [0.05, 0.1) is 6.10 Å². The first kappa shape index (κ1) is 11.9. The Morgan fingerprint density at radius 2 is 2.00 bits per heavy atom. The van der Waals surface area contributed by atoms with Crippen molar-refractivity contribution >= 4 is 5.91 Å². The Labute approximate surface area is 96.4 Å². The van der Waals surface area contributed by atoms with Crippen LogP contribution in [-0.2, 0) is 9.53 Å². The van der Waals surface area contributed by atoms with Gasteiger partial charge in [0.15, 0.2) is 0 Å². The molecule has 1 amide bonds. The van der Waals surface area contributed by atoms with E-state index >= 15 is 0 Å². The minimum Gasteiger partial charge on any atom is -0.393 e. The van der Waals surface area contributed by atoms with E-state index in [9.17, 15) is 9.90 Å². The Balaban J connectivity index is 1.65. The summed E-state index contributed by atoms with van der Waals surface area (Å²) in [6, 6.07) is 0. The van der Waals surface area contributed by atoms with Gasteiger partial charge in [-0.3, -0.25) is 4.79 Å². The largest absolute Gasteiger partial charge is 0.393 e. The summed E-state index contributed by atoms with van der Waals surface area (Å²) in [4.78, 5) is 11.7. The van der Waals surface area contributed by atoms with Crippen LogP contribution in [-0.4, -0.2) is 36.4 Å². The van der Waals surface area contributed by atoms with Gasteiger partial charge in [-0.15, -0.1) is 0 Å². The summed E-state index contributed by atoms with van der Waals surface area (Å²) in [6.07, 6.45) is 5.31. The average Bonchev–Trinajstić information content (AvgIpc) is 2.81. The van der Waals surface area contributed by atoms with E-state index in [4.69, 9.17) is 4.74 Å². The van der Waals surface area contributed by atoms with Crippen LogP contribution >= 0.6 is 0 Å². The smallest absolute Gasteiger partial charge is 0.249 e. The molecule has 0 bridgehead atoms. The molecule has 1 saturated carbocycles. The van der Waals surface area contributed by atoms with Gasteiger partial charge in [-0.1, -0.05) is 0 Å². The van der Waals surface area contributed by atoms with Crippen molar-refractivity contribution in [3.05, 3.63) is 0 Å². The van der Waals surface area contributed by atoms with E-state index < -0.39 is 0 Å². The first-order chi connectivity index (χ1) is 7.75. The van der Waals surface area contributed by atoms with Gasteiger partial charge in [0, 0.05) is 13.2 Å². The van der Waals surface area contributed by atoms with Crippen LogP contribution in [0.5, 0.6) is 0 Å². The van der Waals surface area contributed by atoms with Crippen molar-refractivity contribution < 1.29 is 14.6 Å². The van der Waals surface area contributed by atoms with Gasteiger partial charge >= 0.3 is 0 Å². The van der Waals surface area contributed by atoms with Crippen molar-refractivity contribution in [3.8, 4) is 0 Å². The number of hydrogen-bond acceptors (Lipinski definition) is 3. The van der Waals surface area contributed by atoms with Crippen molar-refractivity contribution in [2.45, 2.75) is 50.7 Å². The van der Waals surface area contributed by atoms with Crippen LogP contribution in [0.25, 0.3) is 0 Å². The molecule has 1 heterocycles. The third kappa shape index (κ3) is 3.19. The van der Waals surface area contributed by atoms with Crippen LogP contribution in [0.4, 0.5) is 0 Å². The number of hydrogen-bond donors (Lipinski definition) is 2. The zero-order valence-electron chi connectivity index (χ0n) is 9.65. The second-order valence-corrected chi connectivity index (χ2v) is 4.92. The van der Waals surface area contributed by atoms with Gasteiger partial charge in [-0.2, -0.15) is 0 Å². The van der Waals surface area contributed by atoms with E-state index in [2.05, 4.69) is 5.32 Å². The Morgan fingerprint density at radius 1 is 1.25 bits per heavy atom. The number of amides is 1. The summed E-state index contributed by atoms with van der Waals surface area (Å²) in [5.74, 6) is 0.581. The minimum atomic E-state index is -0.214. The highest BCUT2D eigenvalue weighted by Gasteiger charge is 2.25. The summed E-state index contributed by atoms with van der Waals surface area (Å²) in [5.41, 5.74) is 0. The highest BCUT2D eigenvalue weighted by molar-refractivity contribution is 5.80. The number of carbonyl (C=O) groups is 1. The predicted molar refractivity (Wildman–Crippen MR) is 59.9 cm³/mol. The molecule has 1 atom stereocenters. The molecule has 16 heavy (non-hydrogen) atoms. The fraction of sp³-hybridized carbons (Fsp3) is 0.917. The Kier molecular flexibility index (Phi) is 4.18. The van der Waals surface area contributed by atoms with Gasteiger partial charge in [-0.25, -0.2) is 0 Å². The highest BCUT2D eigenvalue weighted by atomic mass is 16.5. The van der Waals surface area contributed by atoms with E-state index in [-0.39, 0.29) is 18.1 Å². The lowest BCUT2D eigenvalue weighted by molar-refractivity contribution is -0.130. The second kappa shape index (κ2) is 5.64. The van der Waals surface area contributed by atoms with Crippen molar-refractivity contribution in [1.82, 2.24) is 5.32 Å². The summed E-state index contributed by atoms with van der Waals surface area (Å²) in [6.45, 7) is 1.46.